The van der Waals surface area contributed by atoms with Gasteiger partial charge in [0.25, 0.3) is 0 Å². The van der Waals surface area contributed by atoms with Gasteiger partial charge in [0.2, 0.25) is 0 Å². The van der Waals surface area contributed by atoms with E-state index in [0.29, 0.717) is 12.5 Å². The van der Waals surface area contributed by atoms with Gasteiger partial charge >= 0.3 is 0 Å². The maximum Gasteiger partial charge on any atom is 0.159 e. The highest BCUT2D eigenvalue weighted by atomic mass is 16.5. The van der Waals surface area contributed by atoms with Crippen molar-refractivity contribution in [3.63, 3.8) is 0 Å². The molecule has 0 spiro atoms. The van der Waals surface area contributed by atoms with E-state index in [1.165, 1.54) is 70.6 Å². The van der Waals surface area contributed by atoms with Gasteiger partial charge in [-0.2, -0.15) is 0 Å². The van der Waals surface area contributed by atoms with Gasteiger partial charge in [0.1, 0.15) is 11.5 Å². The molecule has 168 valence electrons. The summed E-state index contributed by atoms with van der Waals surface area (Å²) in [5.41, 5.74) is 4.25. The van der Waals surface area contributed by atoms with Crippen molar-refractivity contribution in [1.82, 2.24) is 19.9 Å². The van der Waals surface area contributed by atoms with Crippen LogP contribution in [0.25, 0.3) is 22.6 Å². The molecule has 0 aliphatic heterocycles. The van der Waals surface area contributed by atoms with Gasteiger partial charge in [-0.15, -0.1) is 0 Å². The maximum absolute atomic E-state index is 6.85. The van der Waals surface area contributed by atoms with E-state index in [1.807, 2.05) is 6.07 Å². The van der Waals surface area contributed by atoms with Crippen molar-refractivity contribution in [3.05, 3.63) is 35.8 Å². The summed E-state index contributed by atoms with van der Waals surface area (Å²) in [6.07, 6.45) is 14.6. The quantitative estimate of drug-likeness (QED) is 0.486. The van der Waals surface area contributed by atoms with Gasteiger partial charge in [-0.25, -0.2) is 9.97 Å². The number of imidazole rings is 2. The van der Waals surface area contributed by atoms with Crippen molar-refractivity contribution in [3.8, 4) is 11.5 Å². The zero-order valence-corrected chi connectivity index (χ0v) is 18.9. The molecule has 0 unspecified atom stereocenters. The van der Waals surface area contributed by atoms with Gasteiger partial charge < -0.3 is 14.7 Å². The van der Waals surface area contributed by atoms with Crippen LogP contribution >= 0.6 is 0 Å². The highest BCUT2D eigenvalue weighted by Gasteiger charge is 2.51. The van der Waals surface area contributed by atoms with Crippen molar-refractivity contribution in [2.24, 2.45) is 17.8 Å². The van der Waals surface area contributed by atoms with Crippen molar-refractivity contribution in [2.75, 3.05) is 0 Å². The average molecular weight is 431 g/mol. The zero-order chi connectivity index (χ0) is 21.1. The Hall–Kier alpha value is -2.14. The molecule has 5 saturated carbocycles. The number of benzene rings is 1. The lowest BCUT2D eigenvalue weighted by atomic mass is 9.54. The first-order valence-electron chi connectivity index (χ1n) is 12.9. The van der Waals surface area contributed by atoms with Crippen LogP contribution < -0.4 is 0 Å². The SMILES string of the molecule is c1ccc2[nH]c(-c3nc(C4CCCCC4)[nH]c3COC34CC5CC(CC(C5)C3)C4)nc2c1. The minimum atomic E-state index is 0.107. The Morgan fingerprint density at radius 3 is 2.31 bits per heavy atom. The number of nitrogens with one attached hydrogen (secondary N) is 2. The molecule has 0 radical (unpaired) electrons. The number of nitrogens with zero attached hydrogens (tertiary/aromatic N) is 2. The van der Waals surface area contributed by atoms with Crippen LogP contribution in [-0.2, 0) is 11.3 Å². The number of ether oxygens (including phenoxy) is 1. The van der Waals surface area contributed by atoms with Crippen molar-refractivity contribution < 1.29 is 4.74 Å². The molecular formula is C27H34N4O. The summed E-state index contributed by atoms with van der Waals surface area (Å²) in [5.74, 6) is 5.25. The molecule has 32 heavy (non-hydrogen) atoms. The lowest BCUT2D eigenvalue weighted by Gasteiger charge is -2.56. The Morgan fingerprint density at radius 2 is 1.59 bits per heavy atom. The molecule has 5 nitrogen and oxygen atoms in total. The number of para-hydroxylation sites is 2. The van der Waals surface area contributed by atoms with E-state index in [2.05, 4.69) is 28.2 Å². The Kier molecular flexibility index (Phi) is 4.50. The van der Waals surface area contributed by atoms with Crippen LogP contribution in [0.4, 0.5) is 0 Å². The first kappa shape index (κ1) is 19.3. The first-order chi connectivity index (χ1) is 15.7. The Bertz CT molecular complexity index is 1050. The van der Waals surface area contributed by atoms with Crippen molar-refractivity contribution >= 4 is 11.0 Å². The van der Waals surface area contributed by atoms with E-state index in [-0.39, 0.29) is 5.60 Å². The van der Waals surface area contributed by atoms with Crippen LogP contribution in [0.2, 0.25) is 0 Å². The molecule has 5 aliphatic carbocycles. The Labute approximate surface area is 189 Å². The second-order valence-electron chi connectivity index (χ2n) is 11.3. The summed E-state index contributed by atoms with van der Waals surface area (Å²) in [7, 11) is 0. The average Bonchev–Trinajstić information content (AvgIpc) is 3.42. The molecule has 5 fully saturated rings. The molecule has 0 amide bonds. The van der Waals surface area contributed by atoms with Crippen LogP contribution in [0.3, 0.4) is 0 Å². The predicted molar refractivity (Wildman–Crippen MR) is 125 cm³/mol. The maximum atomic E-state index is 6.85. The number of H-pyrrole nitrogens is 2. The fourth-order valence-corrected chi connectivity index (χ4v) is 7.80. The molecule has 0 atom stereocenters. The highest BCUT2D eigenvalue weighted by molar-refractivity contribution is 5.78. The minimum absolute atomic E-state index is 0.107. The molecule has 8 rings (SSSR count). The molecule has 0 saturated heterocycles. The predicted octanol–water partition coefficient (Wildman–Crippen LogP) is 6.49. The summed E-state index contributed by atoms with van der Waals surface area (Å²) in [4.78, 5) is 17.3. The van der Waals surface area contributed by atoms with Crippen molar-refractivity contribution in [2.45, 2.75) is 88.8 Å². The van der Waals surface area contributed by atoms with Crippen LogP contribution in [-0.4, -0.2) is 25.5 Å². The second kappa shape index (κ2) is 7.44. The van der Waals surface area contributed by atoms with E-state index in [1.54, 1.807) is 0 Å². The van der Waals surface area contributed by atoms with E-state index in [9.17, 15) is 0 Å². The van der Waals surface area contributed by atoms with Gasteiger partial charge in [-0.3, -0.25) is 0 Å². The number of aromatic nitrogens is 4. The molecular weight excluding hydrogens is 396 g/mol. The number of aromatic amines is 2. The summed E-state index contributed by atoms with van der Waals surface area (Å²) in [5, 5.41) is 0. The molecule has 2 heterocycles. The first-order valence-corrected chi connectivity index (χ1v) is 12.9. The van der Waals surface area contributed by atoms with Gasteiger partial charge in [0.05, 0.1) is 28.9 Å². The molecule has 4 bridgehead atoms. The third-order valence-corrected chi connectivity index (χ3v) is 8.91. The molecule has 2 N–H and O–H groups in total. The zero-order valence-electron chi connectivity index (χ0n) is 18.9. The molecule has 1 aromatic carbocycles. The standard InChI is InChI=1S/C27H34N4O/c1-2-6-20(7-3-1)25-30-23(24(31-25)26-28-21-8-4-5-9-22(21)29-26)16-32-27-13-17-10-18(14-27)12-19(11-17)15-27/h4-5,8-9,17-20H,1-3,6-7,10-16H2,(H,28,29)(H,30,31). The number of rotatable bonds is 5. The summed E-state index contributed by atoms with van der Waals surface area (Å²) in [6, 6.07) is 8.25. The van der Waals surface area contributed by atoms with E-state index in [0.717, 1.165) is 51.8 Å². The fourth-order valence-electron chi connectivity index (χ4n) is 7.80. The monoisotopic (exact) mass is 430 g/mol. The summed E-state index contributed by atoms with van der Waals surface area (Å²) in [6.45, 7) is 0.623. The molecule has 2 aromatic heterocycles. The van der Waals surface area contributed by atoms with Crippen LogP contribution in [0, 0.1) is 17.8 Å². The molecule has 5 heteroatoms. The third-order valence-electron chi connectivity index (χ3n) is 8.91. The van der Waals surface area contributed by atoms with Crippen molar-refractivity contribution in [1.29, 1.82) is 0 Å². The molecule has 5 aliphatic rings. The number of fused-ring (bicyclic) bond motifs is 1. The topological polar surface area (TPSA) is 66.6 Å². The van der Waals surface area contributed by atoms with E-state index >= 15 is 0 Å². The van der Waals surface area contributed by atoms with Gasteiger partial charge in [-0.05, 0) is 81.3 Å². The Balaban J connectivity index is 1.21. The minimum Gasteiger partial charge on any atom is -0.369 e. The van der Waals surface area contributed by atoms with Crippen LogP contribution in [0.1, 0.15) is 88.1 Å². The summed E-state index contributed by atoms with van der Waals surface area (Å²) < 4.78 is 6.85. The highest BCUT2D eigenvalue weighted by Crippen LogP contribution is 2.57. The van der Waals surface area contributed by atoms with Crippen LogP contribution in [0.5, 0.6) is 0 Å². The number of hydrogen-bond donors (Lipinski definition) is 2. The molecule has 3 aromatic rings. The lowest BCUT2D eigenvalue weighted by Crippen LogP contribution is -2.51. The lowest BCUT2D eigenvalue weighted by molar-refractivity contribution is -0.169. The largest absolute Gasteiger partial charge is 0.369 e. The normalized spacial score (nSPS) is 32.2. The summed E-state index contributed by atoms with van der Waals surface area (Å²) >= 11 is 0. The third kappa shape index (κ3) is 3.32. The van der Waals surface area contributed by atoms with Crippen LogP contribution in [0.15, 0.2) is 24.3 Å². The van der Waals surface area contributed by atoms with E-state index < -0.39 is 0 Å². The van der Waals surface area contributed by atoms with Gasteiger partial charge in [0.15, 0.2) is 5.82 Å². The smallest absolute Gasteiger partial charge is 0.159 e. The number of hydrogen-bond acceptors (Lipinski definition) is 3. The second-order valence-corrected chi connectivity index (χ2v) is 11.3. The Morgan fingerprint density at radius 1 is 0.875 bits per heavy atom. The van der Waals surface area contributed by atoms with E-state index in [4.69, 9.17) is 14.7 Å². The van der Waals surface area contributed by atoms with Gasteiger partial charge in [-0.1, -0.05) is 31.4 Å². The fraction of sp³-hybridized carbons (Fsp3) is 0.630. The van der Waals surface area contributed by atoms with Gasteiger partial charge in [0, 0.05) is 5.92 Å².